The van der Waals surface area contributed by atoms with E-state index in [1.807, 2.05) is 41.5 Å². The van der Waals surface area contributed by atoms with Crippen molar-refractivity contribution in [3.63, 3.8) is 0 Å². The molecule has 0 heterocycles. The molecule has 0 saturated heterocycles. The molecule has 3 unspecified atom stereocenters. The zero-order chi connectivity index (χ0) is 34.4. The molecule has 3 aromatic carbocycles. The van der Waals surface area contributed by atoms with Crippen molar-refractivity contribution in [1.29, 1.82) is 0 Å². The lowest BCUT2D eigenvalue weighted by Gasteiger charge is -2.25. The molecule has 0 N–H and O–H groups in total. The van der Waals surface area contributed by atoms with Gasteiger partial charge in [-0.3, -0.25) is 9.05 Å². The standard InChI is InChI=1S/C38H54O6P2/c1-13-17-26(6)32-22-29(9)36(30(10)23-32)42-38(14-2,15-3)46(40)44-34-19-16-18-33(24-34)43-45(39)37(11,12)41-35-27(7)20-31(25(4)5)21-28(35)8/h16,18-26H,13-15,17H2,1-12H3/q+2. The Morgan fingerprint density at radius 3 is 1.59 bits per heavy atom. The van der Waals surface area contributed by atoms with Crippen LogP contribution in [0.3, 0.4) is 0 Å². The van der Waals surface area contributed by atoms with Crippen LogP contribution in [0.5, 0.6) is 23.0 Å². The highest BCUT2D eigenvalue weighted by Crippen LogP contribution is 2.49. The quantitative estimate of drug-likeness (QED) is 0.141. The maximum Gasteiger partial charge on any atom is 0.604 e. The van der Waals surface area contributed by atoms with Gasteiger partial charge in [0.15, 0.2) is 11.5 Å². The molecule has 0 aliphatic rings. The van der Waals surface area contributed by atoms with Crippen LogP contribution in [-0.2, 0) is 9.13 Å². The molecule has 0 bridgehead atoms. The van der Waals surface area contributed by atoms with Crippen LogP contribution in [0.1, 0.15) is 126 Å². The van der Waals surface area contributed by atoms with Crippen LogP contribution in [0.25, 0.3) is 0 Å². The summed E-state index contributed by atoms with van der Waals surface area (Å²) in [4.78, 5) is 0. The molecule has 6 nitrogen and oxygen atoms in total. The SMILES string of the molecule is CCCC(C)c1cc(C)c(OC(CC)(CC)[P+](=O)Oc2cccc(O[P+](=O)C(C)(C)Oc3c(C)cc(C(C)C)cc3C)c2)c(C)c1. The molecule has 0 aliphatic heterocycles. The zero-order valence-electron chi connectivity index (χ0n) is 29.9. The lowest BCUT2D eigenvalue weighted by Crippen LogP contribution is -2.32. The van der Waals surface area contributed by atoms with Gasteiger partial charge in [0.1, 0.15) is 11.5 Å². The molecule has 0 amide bonds. The van der Waals surface area contributed by atoms with E-state index in [0.717, 1.165) is 40.8 Å². The monoisotopic (exact) mass is 668 g/mol. The third kappa shape index (κ3) is 8.90. The van der Waals surface area contributed by atoms with Crippen LogP contribution in [0.4, 0.5) is 0 Å². The lowest BCUT2D eigenvalue weighted by molar-refractivity contribution is 0.133. The molecule has 0 radical (unpaired) electrons. The average molecular weight is 669 g/mol. The highest BCUT2D eigenvalue weighted by molar-refractivity contribution is 7.41. The van der Waals surface area contributed by atoms with Gasteiger partial charge in [-0.2, -0.15) is 0 Å². The van der Waals surface area contributed by atoms with Gasteiger partial charge < -0.3 is 9.47 Å². The number of ether oxygens (including phenoxy) is 2. The van der Waals surface area contributed by atoms with Crippen LogP contribution in [-0.4, -0.2) is 10.7 Å². The molecule has 0 aromatic heterocycles. The van der Waals surface area contributed by atoms with E-state index in [0.29, 0.717) is 41.9 Å². The summed E-state index contributed by atoms with van der Waals surface area (Å²) in [6, 6.07) is 15.4. The fourth-order valence-electron chi connectivity index (χ4n) is 5.65. The van der Waals surface area contributed by atoms with E-state index in [9.17, 15) is 9.13 Å². The third-order valence-electron chi connectivity index (χ3n) is 8.63. The second kappa shape index (κ2) is 15.8. The third-order valence-corrected chi connectivity index (χ3v) is 11.7. The van der Waals surface area contributed by atoms with Crippen LogP contribution in [0, 0.1) is 27.7 Å². The smallest absolute Gasteiger partial charge is 0.441 e. The van der Waals surface area contributed by atoms with Gasteiger partial charge in [0.2, 0.25) is 0 Å². The van der Waals surface area contributed by atoms with E-state index < -0.39 is 26.7 Å². The summed E-state index contributed by atoms with van der Waals surface area (Å²) >= 11 is 0. The summed E-state index contributed by atoms with van der Waals surface area (Å²) in [7, 11) is -4.61. The molecule has 3 atom stereocenters. The van der Waals surface area contributed by atoms with Gasteiger partial charge in [0, 0.05) is 32.8 Å². The van der Waals surface area contributed by atoms with E-state index in [1.165, 1.54) is 11.1 Å². The van der Waals surface area contributed by atoms with Crippen molar-refractivity contribution in [2.24, 2.45) is 0 Å². The molecule has 250 valence electrons. The number of hydrogen-bond donors (Lipinski definition) is 0. The van der Waals surface area contributed by atoms with Crippen molar-refractivity contribution < 1.29 is 27.7 Å². The Labute approximate surface area is 279 Å². The first-order chi connectivity index (χ1) is 21.6. The normalized spacial score (nSPS) is 13.3. The van der Waals surface area contributed by atoms with Crippen molar-refractivity contribution in [2.75, 3.05) is 0 Å². The topological polar surface area (TPSA) is 71.1 Å². The number of hydrogen-bond acceptors (Lipinski definition) is 6. The summed E-state index contributed by atoms with van der Waals surface area (Å²) < 4.78 is 52.3. The number of benzene rings is 3. The minimum Gasteiger partial charge on any atom is -0.441 e. The Morgan fingerprint density at radius 2 is 1.13 bits per heavy atom. The predicted molar refractivity (Wildman–Crippen MR) is 191 cm³/mol. The maximum absolute atomic E-state index is 13.9. The van der Waals surface area contributed by atoms with Crippen LogP contribution >= 0.6 is 16.1 Å². The lowest BCUT2D eigenvalue weighted by atomic mass is 9.93. The molecule has 3 aromatic rings. The van der Waals surface area contributed by atoms with Gasteiger partial charge in [-0.15, -0.1) is 0 Å². The van der Waals surface area contributed by atoms with E-state index in [2.05, 4.69) is 52.0 Å². The fraction of sp³-hybridized carbons (Fsp3) is 0.526. The predicted octanol–water partition coefficient (Wildman–Crippen LogP) is 12.6. The first-order valence-electron chi connectivity index (χ1n) is 16.6. The number of rotatable bonds is 16. The highest BCUT2D eigenvalue weighted by atomic mass is 31.1. The van der Waals surface area contributed by atoms with E-state index in [-0.39, 0.29) is 0 Å². The molecule has 0 spiro atoms. The van der Waals surface area contributed by atoms with Crippen LogP contribution in [0.2, 0.25) is 0 Å². The zero-order valence-corrected chi connectivity index (χ0v) is 31.7. The minimum atomic E-state index is -2.31. The molecule has 0 fully saturated rings. The van der Waals surface area contributed by atoms with Gasteiger partial charge in [0.05, 0.1) is 0 Å². The van der Waals surface area contributed by atoms with Crippen molar-refractivity contribution in [3.8, 4) is 23.0 Å². The summed E-state index contributed by atoms with van der Waals surface area (Å²) in [6.45, 7) is 24.3. The van der Waals surface area contributed by atoms with Crippen molar-refractivity contribution >= 4 is 16.1 Å². The van der Waals surface area contributed by atoms with Gasteiger partial charge >= 0.3 is 26.7 Å². The fourth-order valence-corrected chi connectivity index (χ4v) is 7.49. The Hall–Kier alpha value is -2.94. The Kier molecular flexibility index (Phi) is 12.9. The maximum atomic E-state index is 13.9. The summed E-state index contributed by atoms with van der Waals surface area (Å²) in [5.74, 6) is 3.01. The number of aryl methyl sites for hydroxylation is 4. The van der Waals surface area contributed by atoms with Crippen molar-refractivity contribution in [3.05, 3.63) is 81.9 Å². The Balaban J connectivity index is 1.78. The van der Waals surface area contributed by atoms with Crippen LogP contribution < -0.4 is 18.5 Å². The molecular formula is C38H54O6P2+2. The first kappa shape index (κ1) is 37.5. The molecule has 46 heavy (non-hydrogen) atoms. The van der Waals surface area contributed by atoms with E-state index >= 15 is 0 Å². The molecule has 3 rings (SSSR count). The van der Waals surface area contributed by atoms with Crippen molar-refractivity contribution in [1.82, 2.24) is 0 Å². The van der Waals surface area contributed by atoms with Crippen molar-refractivity contribution in [2.45, 2.75) is 131 Å². The summed E-state index contributed by atoms with van der Waals surface area (Å²) in [5.41, 5.74) is 6.56. The second-order valence-corrected chi connectivity index (χ2v) is 16.6. The largest absolute Gasteiger partial charge is 0.604 e. The second-order valence-electron chi connectivity index (χ2n) is 13.3. The molecule has 8 heteroatoms. The highest BCUT2D eigenvalue weighted by Gasteiger charge is 2.53. The van der Waals surface area contributed by atoms with E-state index in [4.69, 9.17) is 18.5 Å². The Morgan fingerprint density at radius 1 is 0.674 bits per heavy atom. The summed E-state index contributed by atoms with van der Waals surface area (Å²) in [5, 5.41) is -2.14. The summed E-state index contributed by atoms with van der Waals surface area (Å²) in [6.07, 6.45) is 3.25. The van der Waals surface area contributed by atoms with Gasteiger partial charge in [-0.1, -0.05) is 78.3 Å². The van der Waals surface area contributed by atoms with Gasteiger partial charge in [-0.05, 0) is 101 Å². The van der Waals surface area contributed by atoms with E-state index in [1.54, 1.807) is 38.1 Å². The molecule has 0 saturated carbocycles. The molecule has 0 aliphatic carbocycles. The molecular weight excluding hydrogens is 614 g/mol. The Bertz CT molecular complexity index is 1490. The minimum absolute atomic E-state index is 0.338. The first-order valence-corrected chi connectivity index (χ1v) is 18.9. The van der Waals surface area contributed by atoms with Gasteiger partial charge in [0.25, 0.3) is 0 Å². The average Bonchev–Trinajstić information content (AvgIpc) is 2.99. The van der Waals surface area contributed by atoms with Gasteiger partial charge in [-0.25, -0.2) is 0 Å². The van der Waals surface area contributed by atoms with Crippen LogP contribution in [0.15, 0.2) is 48.5 Å².